The minimum Gasteiger partial charge on any atom is -0.508 e. The second-order valence-electron chi connectivity index (χ2n) is 3.70. The Morgan fingerprint density at radius 3 is 2.80 bits per heavy atom. The molecule has 0 aliphatic heterocycles. The molecule has 15 heavy (non-hydrogen) atoms. The van der Waals surface area contributed by atoms with Gasteiger partial charge in [0, 0.05) is 12.6 Å². The van der Waals surface area contributed by atoms with E-state index in [1.807, 2.05) is 26.0 Å². The van der Waals surface area contributed by atoms with Crippen LogP contribution in [0.25, 0.3) is 0 Å². The smallest absolute Gasteiger partial charge is 0.115 e. The van der Waals surface area contributed by atoms with E-state index in [2.05, 4.69) is 0 Å². The zero-order valence-electron chi connectivity index (χ0n) is 9.31. The predicted molar refractivity (Wildman–Crippen MR) is 60.9 cm³/mol. The van der Waals surface area contributed by atoms with Gasteiger partial charge in [0.2, 0.25) is 0 Å². The van der Waals surface area contributed by atoms with Gasteiger partial charge in [-0.2, -0.15) is 0 Å². The molecule has 0 saturated heterocycles. The fourth-order valence-corrected chi connectivity index (χ4v) is 1.51. The number of rotatable bonds is 5. The number of nitrogens with two attached hydrogens (primary N) is 1. The molecule has 0 aliphatic carbocycles. The molecule has 3 nitrogen and oxygen atoms in total. The Morgan fingerprint density at radius 1 is 1.47 bits per heavy atom. The molecule has 0 spiro atoms. The number of aromatic hydroxyl groups is 1. The van der Waals surface area contributed by atoms with Gasteiger partial charge in [-0.1, -0.05) is 12.1 Å². The van der Waals surface area contributed by atoms with E-state index in [0.717, 1.165) is 12.0 Å². The standard InChI is InChI=1S/C12H19NO2/c1-3-15-9(2)12(13)8-10-5-4-6-11(14)7-10/h4-7,9,12,14H,3,8,13H2,1-2H3. The third kappa shape index (κ3) is 3.90. The highest BCUT2D eigenvalue weighted by atomic mass is 16.5. The highest BCUT2D eigenvalue weighted by Crippen LogP contribution is 2.13. The van der Waals surface area contributed by atoms with Gasteiger partial charge in [-0.25, -0.2) is 0 Å². The summed E-state index contributed by atoms with van der Waals surface area (Å²) in [5.74, 6) is 0.281. The summed E-state index contributed by atoms with van der Waals surface area (Å²) in [7, 11) is 0. The molecule has 0 aromatic heterocycles. The first-order valence-corrected chi connectivity index (χ1v) is 5.28. The summed E-state index contributed by atoms with van der Waals surface area (Å²) >= 11 is 0. The van der Waals surface area contributed by atoms with Crippen LogP contribution in [0.1, 0.15) is 19.4 Å². The lowest BCUT2D eigenvalue weighted by atomic mass is 10.0. The Hall–Kier alpha value is -1.06. The summed E-state index contributed by atoms with van der Waals surface area (Å²) in [4.78, 5) is 0. The third-order valence-electron chi connectivity index (χ3n) is 2.41. The average molecular weight is 209 g/mol. The van der Waals surface area contributed by atoms with E-state index in [-0.39, 0.29) is 17.9 Å². The van der Waals surface area contributed by atoms with Gasteiger partial charge in [0.1, 0.15) is 5.75 Å². The molecule has 0 amide bonds. The van der Waals surface area contributed by atoms with Crippen LogP contribution in [0, 0.1) is 0 Å². The SMILES string of the molecule is CCOC(C)C(N)Cc1cccc(O)c1. The van der Waals surface area contributed by atoms with Gasteiger partial charge in [0.25, 0.3) is 0 Å². The fraction of sp³-hybridized carbons (Fsp3) is 0.500. The Labute approximate surface area is 90.9 Å². The van der Waals surface area contributed by atoms with Crippen LogP contribution in [0.3, 0.4) is 0 Å². The van der Waals surface area contributed by atoms with Gasteiger partial charge >= 0.3 is 0 Å². The van der Waals surface area contributed by atoms with E-state index in [1.54, 1.807) is 12.1 Å². The quantitative estimate of drug-likeness (QED) is 0.776. The van der Waals surface area contributed by atoms with Crippen molar-refractivity contribution in [2.75, 3.05) is 6.61 Å². The number of benzene rings is 1. The zero-order chi connectivity index (χ0) is 11.3. The summed E-state index contributed by atoms with van der Waals surface area (Å²) in [5, 5.41) is 9.30. The molecule has 3 heteroatoms. The first kappa shape index (κ1) is 12.0. The van der Waals surface area contributed by atoms with E-state index in [0.29, 0.717) is 6.61 Å². The van der Waals surface area contributed by atoms with Crippen molar-refractivity contribution in [2.45, 2.75) is 32.4 Å². The molecule has 2 atom stereocenters. The lowest BCUT2D eigenvalue weighted by Crippen LogP contribution is -2.36. The van der Waals surface area contributed by atoms with Gasteiger partial charge in [0.05, 0.1) is 6.10 Å². The molecule has 84 valence electrons. The lowest BCUT2D eigenvalue weighted by molar-refractivity contribution is 0.0577. The van der Waals surface area contributed by atoms with Crippen LogP contribution in [0.5, 0.6) is 5.75 Å². The summed E-state index contributed by atoms with van der Waals surface area (Å²) in [6.45, 7) is 4.60. The molecular formula is C12H19NO2. The Kier molecular flexibility index (Phi) is 4.59. The second-order valence-corrected chi connectivity index (χ2v) is 3.70. The normalized spacial score (nSPS) is 14.9. The van der Waals surface area contributed by atoms with Crippen LogP contribution in [0.15, 0.2) is 24.3 Å². The molecule has 1 aromatic rings. The summed E-state index contributed by atoms with van der Waals surface area (Å²) < 4.78 is 5.42. The largest absolute Gasteiger partial charge is 0.508 e. The number of ether oxygens (including phenoxy) is 1. The molecular weight excluding hydrogens is 190 g/mol. The van der Waals surface area contributed by atoms with E-state index in [4.69, 9.17) is 10.5 Å². The van der Waals surface area contributed by atoms with Crippen LogP contribution >= 0.6 is 0 Å². The maximum atomic E-state index is 9.30. The van der Waals surface area contributed by atoms with E-state index < -0.39 is 0 Å². The molecule has 0 aliphatic rings. The monoisotopic (exact) mass is 209 g/mol. The van der Waals surface area contributed by atoms with E-state index in [1.165, 1.54) is 0 Å². The number of phenolic OH excluding ortho intramolecular Hbond substituents is 1. The van der Waals surface area contributed by atoms with Crippen LogP contribution in [-0.2, 0) is 11.2 Å². The highest BCUT2D eigenvalue weighted by Gasteiger charge is 2.13. The van der Waals surface area contributed by atoms with Crippen LogP contribution in [0.2, 0.25) is 0 Å². The van der Waals surface area contributed by atoms with Gasteiger partial charge in [-0.3, -0.25) is 0 Å². The average Bonchev–Trinajstić information content (AvgIpc) is 2.18. The van der Waals surface area contributed by atoms with Gasteiger partial charge in [0.15, 0.2) is 0 Å². The second kappa shape index (κ2) is 5.73. The predicted octanol–water partition coefficient (Wildman–Crippen LogP) is 1.69. The van der Waals surface area contributed by atoms with Crippen LogP contribution < -0.4 is 5.73 Å². The van der Waals surface area contributed by atoms with Crippen molar-refractivity contribution in [3.05, 3.63) is 29.8 Å². The maximum Gasteiger partial charge on any atom is 0.115 e. The molecule has 0 bridgehead atoms. The molecule has 1 aromatic carbocycles. The molecule has 0 fully saturated rings. The minimum atomic E-state index is -0.0354. The Bertz CT molecular complexity index is 301. The summed E-state index contributed by atoms with van der Waals surface area (Å²) in [5.41, 5.74) is 7.01. The Morgan fingerprint density at radius 2 is 2.20 bits per heavy atom. The third-order valence-corrected chi connectivity index (χ3v) is 2.41. The van der Waals surface area contributed by atoms with E-state index in [9.17, 15) is 5.11 Å². The van der Waals surface area contributed by atoms with Gasteiger partial charge < -0.3 is 15.6 Å². The summed E-state index contributed by atoms with van der Waals surface area (Å²) in [6.07, 6.45) is 0.757. The first-order chi connectivity index (χ1) is 7.13. The molecule has 2 unspecified atom stereocenters. The van der Waals surface area contributed by atoms with Crippen LogP contribution in [-0.4, -0.2) is 23.9 Å². The molecule has 0 radical (unpaired) electrons. The van der Waals surface area contributed by atoms with Crippen molar-refractivity contribution in [3.63, 3.8) is 0 Å². The molecule has 3 N–H and O–H groups in total. The zero-order valence-corrected chi connectivity index (χ0v) is 9.31. The van der Waals surface area contributed by atoms with Crippen molar-refractivity contribution in [1.82, 2.24) is 0 Å². The Balaban J connectivity index is 2.54. The molecule has 1 rings (SSSR count). The first-order valence-electron chi connectivity index (χ1n) is 5.28. The van der Waals surface area contributed by atoms with Crippen molar-refractivity contribution >= 4 is 0 Å². The van der Waals surface area contributed by atoms with Crippen LogP contribution in [0.4, 0.5) is 0 Å². The molecule has 0 saturated carbocycles. The van der Waals surface area contributed by atoms with Crippen molar-refractivity contribution in [3.8, 4) is 5.75 Å². The topological polar surface area (TPSA) is 55.5 Å². The number of hydrogen-bond donors (Lipinski definition) is 2. The highest BCUT2D eigenvalue weighted by molar-refractivity contribution is 5.27. The molecule has 0 heterocycles. The lowest BCUT2D eigenvalue weighted by Gasteiger charge is -2.19. The fourth-order valence-electron chi connectivity index (χ4n) is 1.51. The maximum absolute atomic E-state index is 9.30. The minimum absolute atomic E-state index is 0.0354. The van der Waals surface area contributed by atoms with Crippen molar-refractivity contribution in [2.24, 2.45) is 5.73 Å². The van der Waals surface area contributed by atoms with Crippen molar-refractivity contribution in [1.29, 1.82) is 0 Å². The van der Waals surface area contributed by atoms with Crippen molar-refractivity contribution < 1.29 is 9.84 Å². The summed E-state index contributed by atoms with van der Waals surface area (Å²) in [6, 6.07) is 7.13. The van der Waals surface area contributed by atoms with Gasteiger partial charge in [-0.15, -0.1) is 0 Å². The van der Waals surface area contributed by atoms with Gasteiger partial charge in [-0.05, 0) is 38.0 Å². The number of phenols is 1. The van der Waals surface area contributed by atoms with E-state index >= 15 is 0 Å². The number of hydrogen-bond acceptors (Lipinski definition) is 3.